The van der Waals surface area contributed by atoms with Gasteiger partial charge in [-0.1, -0.05) is 0 Å². The SMILES string of the molecule is C[C@@H]1CCC[C@@H](C)N1C(=O)COC(=O)c1ccc2c(c1)NC(=O)[C@H]1CCCN21. The summed E-state index contributed by atoms with van der Waals surface area (Å²) >= 11 is 0. The minimum absolute atomic E-state index is 0.0289. The molecule has 0 bridgehead atoms. The maximum atomic E-state index is 12.5. The molecule has 2 saturated heterocycles. The minimum Gasteiger partial charge on any atom is -0.452 e. The summed E-state index contributed by atoms with van der Waals surface area (Å²) in [6, 6.07) is 5.41. The van der Waals surface area contributed by atoms with Crippen molar-refractivity contribution in [3.05, 3.63) is 23.8 Å². The van der Waals surface area contributed by atoms with Crippen LogP contribution in [-0.2, 0) is 14.3 Å². The number of nitrogens with zero attached hydrogens (tertiary/aromatic N) is 2. The van der Waals surface area contributed by atoms with E-state index < -0.39 is 5.97 Å². The Morgan fingerprint density at radius 2 is 1.89 bits per heavy atom. The van der Waals surface area contributed by atoms with Gasteiger partial charge in [-0.2, -0.15) is 0 Å². The zero-order valence-corrected chi connectivity index (χ0v) is 16.4. The molecule has 0 spiro atoms. The summed E-state index contributed by atoms with van der Waals surface area (Å²) in [5.41, 5.74) is 1.90. The van der Waals surface area contributed by atoms with Gasteiger partial charge in [0.1, 0.15) is 6.04 Å². The third-order valence-electron chi connectivity index (χ3n) is 6.16. The van der Waals surface area contributed by atoms with Crippen LogP contribution in [0.3, 0.4) is 0 Å². The molecule has 3 heterocycles. The molecule has 2 amide bonds. The van der Waals surface area contributed by atoms with E-state index in [1.54, 1.807) is 12.1 Å². The van der Waals surface area contributed by atoms with Crippen molar-refractivity contribution in [2.24, 2.45) is 0 Å². The van der Waals surface area contributed by atoms with E-state index in [0.29, 0.717) is 11.3 Å². The first kappa shape index (κ1) is 18.8. The predicted octanol–water partition coefficient (Wildman–Crippen LogP) is 2.55. The average Bonchev–Trinajstić information content (AvgIpc) is 3.16. The van der Waals surface area contributed by atoms with Crippen LogP contribution in [0, 0.1) is 0 Å². The largest absolute Gasteiger partial charge is 0.452 e. The number of carbonyl (C=O) groups excluding carboxylic acids is 3. The number of carbonyl (C=O) groups is 3. The number of amides is 2. The Morgan fingerprint density at radius 1 is 1.14 bits per heavy atom. The van der Waals surface area contributed by atoms with Crippen LogP contribution in [-0.4, -0.2) is 54.0 Å². The molecule has 3 atom stereocenters. The summed E-state index contributed by atoms with van der Waals surface area (Å²) in [6.45, 7) is 4.65. The number of nitrogens with one attached hydrogen (secondary N) is 1. The molecule has 0 aromatic heterocycles. The van der Waals surface area contributed by atoms with Gasteiger partial charge in [0.25, 0.3) is 5.91 Å². The predicted molar refractivity (Wildman–Crippen MR) is 105 cm³/mol. The first-order chi connectivity index (χ1) is 13.5. The molecule has 0 aliphatic carbocycles. The van der Waals surface area contributed by atoms with Gasteiger partial charge >= 0.3 is 5.97 Å². The molecule has 1 aromatic rings. The molecular weight excluding hydrogens is 358 g/mol. The van der Waals surface area contributed by atoms with Crippen molar-refractivity contribution in [2.45, 2.75) is 64.1 Å². The van der Waals surface area contributed by atoms with Crippen LogP contribution in [0.2, 0.25) is 0 Å². The van der Waals surface area contributed by atoms with Gasteiger partial charge in [-0.15, -0.1) is 0 Å². The van der Waals surface area contributed by atoms with Gasteiger partial charge in [-0.3, -0.25) is 9.59 Å². The van der Waals surface area contributed by atoms with E-state index in [9.17, 15) is 14.4 Å². The van der Waals surface area contributed by atoms with Crippen LogP contribution in [0.25, 0.3) is 0 Å². The Labute approximate surface area is 165 Å². The van der Waals surface area contributed by atoms with Gasteiger partial charge in [-0.25, -0.2) is 4.79 Å². The zero-order chi connectivity index (χ0) is 19.8. The number of ether oxygens (including phenoxy) is 1. The van der Waals surface area contributed by atoms with Crippen LogP contribution in [0.1, 0.15) is 56.3 Å². The first-order valence-corrected chi connectivity index (χ1v) is 10.2. The molecule has 28 heavy (non-hydrogen) atoms. The second-order valence-corrected chi connectivity index (χ2v) is 8.08. The van der Waals surface area contributed by atoms with Gasteiger partial charge in [0, 0.05) is 18.6 Å². The standard InChI is InChI=1S/C21H27N3O4/c1-13-5-3-6-14(2)24(13)19(25)12-28-21(27)15-8-9-17-16(11-15)22-20(26)18-7-4-10-23(17)18/h8-9,11,13-14,18H,3-7,10,12H2,1-2H3,(H,22,26)/t13-,14-,18-/m1/s1. The van der Waals surface area contributed by atoms with Gasteiger partial charge in [-0.05, 0) is 64.2 Å². The minimum atomic E-state index is -0.550. The van der Waals surface area contributed by atoms with Crippen LogP contribution in [0.15, 0.2) is 18.2 Å². The first-order valence-electron chi connectivity index (χ1n) is 10.2. The van der Waals surface area contributed by atoms with Crippen molar-refractivity contribution in [2.75, 3.05) is 23.4 Å². The lowest BCUT2D eigenvalue weighted by molar-refractivity contribution is -0.140. The second kappa shape index (κ2) is 7.45. The zero-order valence-electron chi connectivity index (χ0n) is 16.4. The molecule has 7 heteroatoms. The third kappa shape index (κ3) is 3.34. The third-order valence-corrected chi connectivity index (χ3v) is 6.16. The lowest BCUT2D eigenvalue weighted by Gasteiger charge is -2.38. The van der Waals surface area contributed by atoms with Crippen molar-refractivity contribution >= 4 is 29.2 Å². The number of fused-ring (bicyclic) bond motifs is 3. The Kier molecular flexibility index (Phi) is 5.00. The highest BCUT2D eigenvalue weighted by molar-refractivity contribution is 6.05. The van der Waals surface area contributed by atoms with Gasteiger partial charge in [0.15, 0.2) is 6.61 Å². The number of likely N-dealkylation sites (tertiary alicyclic amines) is 1. The molecule has 150 valence electrons. The Hall–Kier alpha value is -2.57. The fraction of sp³-hybridized carbons (Fsp3) is 0.571. The van der Waals surface area contributed by atoms with E-state index in [-0.39, 0.29) is 36.5 Å². The van der Waals surface area contributed by atoms with E-state index >= 15 is 0 Å². The normalized spacial score (nSPS) is 26.4. The molecule has 3 aliphatic heterocycles. The second-order valence-electron chi connectivity index (χ2n) is 8.08. The lowest BCUT2D eigenvalue weighted by Crippen LogP contribution is -2.49. The van der Waals surface area contributed by atoms with E-state index in [2.05, 4.69) is 10.2 Å². The van der Waals surface area contributed by atoms with Crippen molar-refractivity contribution in [1.82, 2.24) is 4.90 Å². The van der Waals surface area contributed by atoms with Crippen molar-refractivity contribution in [3.63, 3.8) is 0 Å². The van der Waals surface area contributed by atoms with Crippen molar-refractivity contribution in [1.29, 1.82) is 0 Å². The van der Waals surface area contributed by atoms with Gasteiger partial charge in [0.2, 0.25) is 5.91 Å². The smallest absolute Gasteiger partial charge is 0.338 e. The number of anilines is 2. The Morgan fingerprint density at radius 3 is 2.64 bits per heavy atom. The summed E-state index contributed by atoms with van der Waals surface area (Å²) in [4.78, 5) is 41.2. The van der Waals surface area contributed by atoms with Crippen LogP contribution in [0.4, 0.5) is 11.4 Å². The maximum absolute atomic E-state index is 12.5. The van der Waals surface area contributed by atoms with Gasteiger partial charge in [0.05, 0.1) is 16.9 Å². The number of esters is 1. The monoisotopic (exact) mass is 385 g/mol. The number of piperidine rings is 1. The Bertz CT molecular complexity index is 799. The summed E-state index contributed by atoms with van der Waals surface area (Å²) in [7, 11) is 0. The number of hydrogen-bond donors (Lipinski definition) is 1. The van der Waals surface area contributed by atoms with Gasteiger partial charge < -0.3 is 19.9 Å². The van der Waals surface area contributed by atoms with Crippen molar-refractivity contribution < 1.29 is 19.1 Å². The highest BCUT2D eigenvalue weighted by atomic mass is 16.5. The van der Waals surface area contributed by atoms with E-state index in [1.165, 1.54) is 0 Å². The molecular formula is C21H27N3O4. The molecule has 1 N–H and O–H groups in total. The summed E-state index contributed by atoms with van der Waals surface area (Å²) in [6.07, 6.45) is 4.91. The molecule has 1 aromatic carbocycles. The summed E-state index contributed by atoms with van der Waals surface area (Å²) < 4.78 is 5.29. The quantitative estimate of drug-likeness (QED) is 0.809. The lowest BCUT2D eigenvalue weighted by atomic mass is 9.97. The number of hydrogen-bond acceptors (Lipinski definition) is 5. The highest BCUT2D eigenvalue weighted by Crippen LogP contribution is 2.37. The topological polar surface area (TPSA) is 79.0 Å². The summed E-state index contributed by atoms with van der Waals surface area (Å²) in [5.74, 6) is -0.732. The molecule has 0 saturated carbocycles. The Balaban J connectivity index is 1.42. The van der Waals surface area contributed by atoms with Crippen molar-refractivity contribution in [3.8, 4) is 0 Å². The fourth-order valence-electron chi connectivity index (χ4n) is 4.76. The molecule has 0 unspecified atom stereocenters. The average molecular weight is 385 g/mol. The van der Waals surface area contributed by atoms with Crippen LogP contribution < -0.4 is 10.2 Å². The molecule has 0 radical (unpaired) electrons. The van der Waals surface area contributed by atoms with E-state index in [0.717, 1.165) is 44.3 Å². The van der Waals surface area contributed by atoms with E-state index in [1.807, 2.05) is 24.8 Å². The molecule has 2 fully saturated rings. The molecule has 3 aliphatic rings. The van der Waals surface area contributed by atoms with Crippen LogP contribution in [0.5, 0.6) is 0 Å². The number of rotatable bonds is 3. The molecule has 7 nitrogen and oxygen atoms in total. The molecule has 4 rings (SSSR count). The van der Waals surface area contributed by atoms with E-state index in [4.69, 9.17) is 4.74 Å². The highest BCUT2D eigenvalue weighted by Gasteiger charge is 2.36. The fourth-order valence-corrected chi connectivity index (χ4v) is 4.76. The van der Waals surface area contributed by atoms with Crippen LogP contribution >= 0.6 is 0 Å². The maximum Gasteiger partial charge on any atom is 0.338 e. The number of benzene rings is 1. The summed E-state index contributed by atoms with van der Waals surface area (Å²) in [5, 5.41) is 2.89.